The monoisotopic (exact) mass is 377 g/mol. The molecule has 0 bridgehead atoms. The van der Waals surface area contributed by atoms with E-state index in [1.807, 2.05) is 36.4 Å². The third-order valence-corrected chi connectivity index (χ3v) is 4.49. The number of fused-ring (bicyclic) bond motifs is 1. The summed E-state index contributed by atoms with van der Waals surface area (Å²) >= 11 is 0. The lowest BCUT2D eigenvalue weighted by molar-refractivity contribution is -0.116. The molecule has 0 fully saturated rings. The SMILES string of the molecule is COc1cc(OC)c(CNC(=O)/C=C/c2cccc3ccccc23)c(OC)c1. The summed E-state index contributed by atoms with van der Waals surface area (Å²) in [6.07, 6.45) is 3.35. The largest absolute Gasteiger partial charge is 0.496 e. The standard InChI is InChI=1S/C23H23NO4/c1-26-18-13-21(27-2)20(22(14-18)28-3)15-24-23(25)12-11-17-9-6-8-16-7-4-5-10-19(16)17/h4-14H,15H2,1-3H3,(H,24,25)/b12-11+. The summed E-state index contributed by atoms with van der Waals surface area (Å²) in [5, 5.41) is 5.12. The predicted octanol–water partition coefficient (Wildman–Crippen LogP) is 4.20. The van der Waals surface area contributed by atoms with Gasteiger partial charge in [0.1, 0.15) is 17.2 Å². The second kappa shape index (κ2) is 8.95. The van der Waals surface area contributed by atoms with Crippen LogP contribution < -0.4 is 19.5 Å². The number of carbonyl (C=O) groups excluding carboxylic acids is 1. The maximum absolute atomic E-state index is 12.3. The zero-order valence-corrected chi connectivity index (χ0v) is 16.2. The topological polar surface area (TPSA) is 56.8 Å². The van der Waals surface area contributed by atoms with Crippen LogP contribution in [0.15, 0.2) is 60.7 Å². The van der Waals surface area contributed by atoms with E-state index in [-0.39, 0.29) is 12.5 Å². The van der Waals surface area contributed by atoms with Crippen molar-refractivity contribution in [1.29, 1.82) is 0 Å². The zero-order chi connectivity index (χ0) is 19.9. The van der Waals surface area contributed by atoms with Gasteiger partial charge in [-0.1, -0.05) is 42.5 Å². The quantitative estimate of drug-likeness (QED) is 0.627. The van der Waals surface area contributed by atoms with Crippen molar-refractivity contribution in [2.24, 2.45) is 0 Å². The molecule has 3 aromatic rings. The van der Waals surface area contributed by atoms with Crippen molar-refractivity contribution in [1.82, 2.24) is 5.32 Å². The van der Waals surface area contributed by atoms with Crippen LogP contribution in [-0.2, 0) is 11.3 Å². The molecule has 0 aliphatic heterocycles. The van der Waals surface area contributed by atoms with Crippen molar-refractivity contribution in [2.45, 2.75) is 6.54 Å². The Labute approximate surface area is 164 Å². The van der Waals surface area contributed by atoms with Crippen LogP contribution in [0.25, 0.3) is 16.8 Å². The molecule has 3 aromatic carbocycles. The number of rotatable bonds is 7. The molecule has 0 atom stereocenters. The van der Waals surface area contributed by atoms with E-state index in [0.717, 1.165) is 21.9 Å². The fraction of sp³-hybridized carbons (Fsp3) is 0.174. The van der Waals surface area contributed by atoms with E-state index in [1.165, 1.54) is 6.08 Å². The fourth-order valence-electron chi connectivity index (χ4n) is 3.05. The van der Waals surface area contributed by atoms with Crippen LogP contribution in [0.2, 0.25) is 0 Å². The third-order valence-electron chi connectivity index (χ3n) is 4.49. The van der Waals surface area contributed by atoms with E-state index in [1.54, 1.807) is 33.5 Å². The normalized spacial score (nSPS) is 10.8. The van der Waals surface area contributed by atoms with Gasteiger partial charge < -0.3 is 19.5 Å². The zero-order valence-electron chi connectivity index (χ0n) is 16.2. The average molecular weight is 377 g/mol. The number of amides is 1. The molecule has 1 N–H and O–H groups in total. The van der Waals surface area contributed by atoms with Gasteiger partial charge in [0, 0.05) is 18.2 Å². The van der Waals surface area contributed by atoms with Gasteiger partial charge in [0.25, 0.3) is 0 Å². The highest BCUT2D eigenvalue weighted by atomic mass is 16.5. The Balaban J connectivity index is 1.75. The average Bonchev–Trinajstić information content (AvgIpc) is 2.75. The number of hydrogen-bond donors (Lipinski definition) is 1. The minimum atomic E-state index is -0.201. The number of methoxy groups -OCH3 is 3. The Morgan fingerprint density at radius 1 is 0.929 bits per heavy atom. The molecule has 0 spiro atoms. The summed E-state index contributed by atoms with van der Waals surface area (Å²) < 4.78 is 16.1. The molecule has 0 aliphatic carbocycles. The smallest absolute Gasteiger partial charge is 0.244 e. The number of hydrogen-bond acceptors (Lipinski definition) is 4. The molecule has 0 saturated carbocycles. The lowest BCUT2D eigenvalue weighted by Gasteiger charge is -2.15. The lowest BCUT2D eigenvalue weighted by Crippen LogP contribution is -2.21. The molecule has 0 heterocycles. The van der Waals surface area contributed by atoms with E-state index < -0.39 is 0 Å². The minimum absolute atomic E-state index is 0.201. The number of nitrogens with one attached hydrogen (secondary N) is 1. The molecule has 3 rings (SSSR count). The fourth-order valence-corrected chi connectivity index (χ4v) is 3.05. The van der Waals surface area contributed by atoms with Crippen molar-refractivity contribution in [2.75, 3.05) is 21.3 Å². The predicted molar refractivity (Wildman–Crippen MR) is 111 cm³/mol. The number of benzene rings is 3. The van der Waals surface area contributed by atoms with Gasteiger partial charge in [-0.2, -0.15) is 0 Å². The van der Waals surface area contributed by atoms with Gasteiger partial charge in [-0.05, 0) is 22.4 Å². The second-order valence-electron chi connectivity index (χ2n) is 6.13. The lowest BCUT2D eigenvalue weighted by atomic mass is 10.0. The number of ether oxygens (including phenoxy) is 3. The Hall–Kier alpha value is -3.47. The minimum Gasteiger partial charge on any atom is -0.496 e. The van der Waals surface area contributed by atoms with Crippen LogP contribution in [0.1, 0.15) is 11.1 Å². The first-order chi connectivity index (χ1) is 13.7. The first-order valence-corrected chi connectivity index (χ1v) is 8.89. The van der Waals surface area contributed by atoms with Crippen LogP contribution >= 0.6 is 0 Å². The van der Waals surface area contributed by atoms with Crippen LogP contribution in [0.3, 0.4) is 0 Å². The maximum Gasteiger partial charge on any atom is 0.244 e. The third kappa shape index (κ3) is 4.26. The summed E-state index contributed by atoms with van der Waals surface area (Å²) in [5.74, 6) is 1.61. The Morgan fingerprint density at radius 2 is 1.61 bits per heavy atom. The molecule has 5 heteroatoms. The van der Waals surface area contributed by atoms with Gasteiger partial charge in [0.2, 0.25) is 5.91 Å². The highest BCUT2D eigenvalue weighted by Gasteiger charge is 2.13. The van der Waals surface area contributed by atoms with Crippen LogP contribution in [0.5, 0.6) is 17.2 Å². The molecular formula is C23H23NO4. The van der Waals surface area contributed by atoms with Crippen LogP contribution in [0, 0.1) is 0 Å². The molecule has 0 aromatic heterocycles. The maximum atomic E-state index is 12.3. The first-order valence-electron chi connectivity index (χ1n) is 8.89. The summed E-state index contributed by atoms with van der Waals surface area (Å²) in [5.41, 5.74) is 1.74. The summed E-state index contributed by atoms with van der Waals surface area (Å²) in [6.45, 7) is 0.273. The highest BCUT2D eigenvalue weighted by molar-refractivity contribution is 5.96. The van der Waals surface area contributed by atoms with Gasteiger partial charge in [0.05, 0.1) is 33.4 Å². The van der Waals surface area contributed by atoms with Crippen LogP contribution in [0.4, 0.5) is 0 Å². The highest BCUT2D eigenvalue weighted by Crippen LogP contribution is 2.33. The molecule has 28 heavy (non-hydrogen) atoms. The van der Waals surface area contributed by atoms with Crippen molar-refractivity contribution < 1.29 is 19.0 Å². The molecule has 0 unspecified atom stereocenters. The molecular weight excluding hydrogens is 354 g/mol. The first kappa shape index (κ1) is 19.3. The van der Waals surface area contributed by atoms with Crippen molar-refractivity contribution in [3.05, 3.63) is 71.8 Å². The van der Waals surface area contributed by atoms with E-state index in [4.69, 9.17) is 14.2 Å². The van der Waals surface area contributed by atoms with Gasteiger partial charge in [-0.3, -0.25) is 4.79 Å². The summed E-state index contributed by atoms with van der Waals surface area (Å²) in [7, 11) is 4.72. The van der Waals surface area contributed by atoms with E-state index in [0.29, 0.717) is 17.2 Å². The van der Waals surface area contributed by atoms with Gasteiger partial charge in [-0.25, -0.2) is 0 Å². The van der Waals surface area contributed by atoms with Crippen LogP contribution in [-0.4, -0.2) is 27.2 Å². The van der Waals surface area contributed by atoms with Gasteiger partial charge in [-0.15, -0.1) is 0 Å². The van der Waals surface area contributed by atoms with E-state index >= 15 is 0 Å². The Morgan fingerprint density at radius 3 is 2.29 bits per heavy atom. The van der Waals surface area contributed by atoms with E-state index in [9.17, 15) is 4.79 Å². The van der Waals surface area contributed by atoms with Crippen molar-refractivity contribution in [3.63, 3.8) is 0 Å². The van der Waals surface area contributed by atoms with E-state index in [2.05, 4.69) is 17.4 Å². The second-order valence-corrected chi connectivity index (χ2v) is 6.13. The molecule has 1 amide bonds. The molecule has 0 aliphatic rings. The Kier molecular flexibility index (Phi) is 6.17. The van der Waals surface area contributed by atoms with Crippen molar-refractivity contribution in [3.8, 4) is 17.2 Å². The molecule has 5 nitrogen and oxygen atoms in total. The van der Waals surface area contributed by atoms with Crippen molar-refractivity contribution >= 4 is 22.8 Å². The number of carbonyl (C=O) groups is 1. The molecule has 144 valence electrons. The van der Waals surface area contributed by atoms with Gasteiger partial charge >= 0.3 is 0 Å². The summed E-state index contributed by atoms with van der Waals surface area (Å²) in [4.78, 5) is 12.3. The Bertz CT molecular complexity index is 980. The summed E-state index contributed by atoms with van der Waals surface area (Å²) in [6, 6.07) is 17.6. The molecule has 0 radical (unpaired) electrons. The van der Waals surface area contributed by atoms with Gasteiger partial charge in [0.15, 0.2) is 0 Å². The molecule has 0 saturated heterocycles.